The van der Waals surface area contributed by atoms with Gasteiger partial charge in [-0.05, 0) is 49.4 Å². The summed E-state index contributed by atoms with van der Waals surface area (Å²) in [6, 6.07) is 4.99. The van der Waals surface area contributed by atoms with Gasteiger partial charge < -0.3 is 9.64 Å². The van der Waals surface area contributed by atoms with E-state index in [0.717, 1.165) is 43.5 Å². The van der Waals surface area contributed by atoms with Gasteiger partial charge in [-0.2, -0.15) is 0 Å². The zero-order chi connectivity index (χ0) is 18.3. The largest absolute Gasteiger partial charge is 0.381 e. The molecule has 6 nitrogen and oxygen atoms in total. The lowest BCUT2D eigenvalue weighted by Crippen LogP contribution is -2.33. The second kappa shape index (κ2) is 9.31. The Morgan fingerprint density at radius 3 is 2.76 bits per heavy atom. The zero-order valence-corrected chi connectivity index (χ0v) is 15.9. The van der Waals surface area contributed by atoms with Crippen molar-refractivity contribution in [1.82, 2.24) is 4.72 Å². The van der Waals surface area contributed by atoms with Crippen molar-refractivity contribution in [2.45, 2.75) is 50.8 Å². The molecular weight excluding hydrogens is 340 g/mol. The Balaban J connectivity index is 1.95. The molecule has 0 aromatic heterocycles. The molecule has 1 heterocycles. The second-order valence-corrected chi connectivity index (χ2v) is 8.05. The Bertz CT molecular complexity index is 688. The fourth-order valence-corrected chi connectivity index (χ4v) is 4.00. The predicted molar refractivity (Wildman–Crippen MR) is 98.3 cm³/mol. The van der Waals surface area contributed by atoms with E-state index in [9.17, 15) is 13.2 Å². The number of fused-ring (bicyclic) bond motifs is 1. The molecule has 2 rings (SSSR count). The molecule has 1 aromatic carbocycles. The summed E-state index contributed by atoms with van der Waals surface area (Å²) in [4.78, 5) is 13.7. The SMILES string of the molecule is CCCCOCCCNS(=O)(=O)c1ccc2c(c1)CCCN2C(C)=O. The summed E-state index contributed by atoms with van der Waals surface area (Å²) in [6.45, 7) is 5.95. The van der Waals surface area contributed by atoms with E-state index in [0.29, 0.717) is 26.1 Å². The Morgan fingerprint density at radius 1 is 1.28 bits per heavy atom. The van der Waals surface area contributed by atoms with E-state index in [2.05, 4.69) is 11.6 Å². The van der Waals surface area contributed by atoms with Gasteiger partial charge in [0.05, 0.1) is 4.90 Å². The van der Waals surface area contributed by atoms with Crippen LogP contribution < -0.4 is 9.62 Å². The van der Waals surface area contributed by atoms with Crippen molar-refractivity contribution in [3.05, 3.63) is 23.8 Å². The zero-order valence-electron chi connectivity index (χ0n) is 15.1. The number of hydrogen-bond donors (Lipinski definition) is 1. The maximum absolute atomic E-state index is 12.4. The lowest BCUT2D eigenvalue weighted by molar-refractivity contribution is -0.116. The minimum atomic E-state index is -3.54. The number of hydrogen-bond acceptors (Lipinski definition) is 4. The van der Waals surface area contributed by atoms with Crippen molar-refractivity contribution >= 4 is 21.6 Å². The summed E-state index contributed by atoms with van der Waals surface area (Å²) >= 11 is 0. The quantitative estimate of drug-likeness (QED) is 0.680. The number of ether oxygens (including phenoxy) is 1. The third kappa shape index (κ3) is 5.52. The lowest BCUT2D eigenvalue weighted by atomic mass is 10.0. The van der Waals surface area contributed by atoms with Crippen LogP contribution in [0.25, 0.3) is 0 Å². The highest BCUT2D eigenvalue weighted by Crippen LogP contribution is 2.29. The third-order valence-corrected chi connectivity index (χ3v) is 5.72. The maximum atomic E-state index is 12.4. The van der Waals surface area contributed by atoms with Crippen LogP contribution in [0.15, 0.2) is 23.1 Å². The molecule has 1 aliphatic rings. The molecule has 0 aliphatic carbocycles. The standard InChI is InChI=1S/C18H28N2O4S/c1-3-4-12-24-13-6-10-19-25(22,23)17-8-9-18-16(14-17)7-5-11-20(18)15(2)21/h8-9,14,19H,3-7,10-13H2,1-2H3. The summed E-state index contributed by atoms with van der Waals surface area (Å²) < 4.78 is 32.9. The molecule has 1 aliphatic heterocycles. The molecule has 0 radical (unpaired) electrons. The third-order valence-electron chi connectivity index (χ3n) is 4.26. The van der Waals surface area contributed by atoms with Crippen molar-refractivity contribution in [1.29, 1.82) is 0 Å². The Hall–Kier alpha value is -1.44. The molecule has 1 aromatic rings. The van der Waals surface area contributed by atoms with Crippen LogP contribution in [-0.2, 0) is 26.0 Å². The Morgan fingerprint density at radius 2 is 2.04 bits per heavy atom. The predicted octanol–water partition coefficient (Wildman–Crippen LogP) is 2.47. The molecule has 140 valence electrons. The summed E-state index contributed by atoms with van der Waals surface area (Å²) in [5, 5.41) is 0. The summed E-state index contributed by atoms with van der Waals surface area (Å²) in [5.74, 6) is -0.0160. The minimum Gasteiger partial charge on any atom is -0.381 e. The number of unbranched alkanes of at least 4 members (excludes halogenated alkanes) is 1. The van der Waals surface area contributed by atoms with Crippen molar-refractivity contribution < 1.29 is 17.9 Å². The molecule has 7 heteroatoms. The number of sulfonamides is 1. The number of nitrogens with one attached hydrogen (secondary N) is 1. The van der Waals surface area contributed by atoms with Crippen molar-refractivity contribution in [2.24, 2.45) is 0 Å². The highest BCUT2D eigenvalue weighted by atomic mass is 32.2. The Kier molecular flexibility index (Phi) is 7.40. The average molecular weight is 368 g/mol. The molecule has 25 heavy (non-hydrogen) atoms. The monoisotopic (exact) mass is 368 g/mol. The van der Waals surface area contributed by atoms with E-state index in [-0.39, 0.29) is 10.8 Å². The van der Waals surface area contributed by atoms with Gasteiger partial charge in [-0.15, -0.1) is 0 Å². The first-order valence-corrected chi connectivity index (χ1v) is 10.4. The topological polar surface area (TPSA) is 75.7 Å². The number of nitrogens with zero attached hydrogens (tertiary/aromatic N) is 1. The number of benzene rings is 1. The van der Waals surface area contributed by atoms with Gasteiger partial charge in [-0.25, -0.2) is 13.1 Å². The second-order valence-electron chi connectivity index (χ2n) is 6.28. The molecule has 0 fully saturated rings. The van der Waals surface area contributed by atoms with Crippen LogP contribution in [0.4, 0.5) is 5.69 Å². The highest BCUT2D eigenvalue weighted by molar-refractivity contribution is 7.89. The van der Waals surface area contributed by atoms with E-state index < -0.39 is 10.0 Å². The van der Waals surface area contributed by atoms with E-state index in [1.165, 1.54) is 6.92 Å². The van der Waals surface area contributed by atoms with Crippen LogP contribution in [0.5, 0.6) is 0 Å². The fourth-order valence-electron chi connectivity index (χ4n) is 2.88. The Labute approximate surface area is 150 Å². The van der Waals surface area contributed by atoms with Gasteiger partial charge in [0.1, 0.15) is 0 Å². The van der Waals surface area contributed by atoms with Crippen LogP contribution in [0.1, 0.15) is 45.1 Å². The van der Waals surface area contributed by atoms with Crippen molar-refractivity contribution in [3.8, 4) is 0 Å². The van der Waals surface area contributed by atoms with Gasteiger partial charge in [0, 0.05) is 38.9 Å². The minimum absolute atomic E-state index is 0.0160. The van der Waals surface area contributed by atoms with E-state index >= 15 is 0 Å². The smallest absolute Gasteiger partial charge is 0.240 e. The van der Waals surface area contributed by atoms with Gasteiger partial charge in [0.2, 0.25) is 15.9 Å². The summed E-state index contributed by atoms with van der Waals surface area (Å²) in [7, 11) is -3.54. The van der Waals surface area contributed by atoms with E-state index in [4.69, 9.17) is 4.74 Å². The first-order chi connectivity index (χ1) is 12.0. The fraction of sp³-hybridized carbons (Fsp3) is 0.611. The van der Waals surface area contributed by atoms with Crippen molar-refractivity contribution in [3.63, 3.8) is 0 Å². The number of rotatable bonds is 9. The van der Waals surface area contributed by atoms with E-state index in [1.807, 2.05) is 0 Å². The normalized spacial score (nSPS) is 14.4. The first kappa shape index (κ1) is 19.9. The van der Waals surface area contributed by atoms with Crippen LogP contribution in [0.2, 0.25) is 0 Å². The van der Waals surface area contributed by atoms with Crippen LogP contribution in [0.3, 0.4) is 0 Å². The van der Waals surface area contributed by atoms with Gasteiger partial charge >= 0.3 is 0 Å². The molecule has 1 N–H and O–H groups in total. The molecule has 0 unspecified atom stereocenters. The summed E-state index contributed by atoms with van der Waals surface area (Å²) in [5.41, 5.74) is 1.73. The molecular formula is C18H28N2O4S. The molecule has 0 saturated heterocycles. The highest BCUT2D eigenvalue weighted by Gasteiger charge is 2.22. The van der Waals surface area contributed by atoms with Crippen LogP contribution in [-0.4, -0.2) is 40.6 Å². The molecule has 0 bridgehead atoms. The van der Waals surface area contributed by atoms with Crippen molar-refractivity contribution in [2.75, 3.05) is 31.2 Å². The van der Waals surface area contributed by atoms with Gasteiger partial charge in [0.25, 0.3) is 0 Å². The van der Waals surface area contributed by atoms with Gasteiger partial charge in [-0.1, -0.05) is 13.3 Å². The van der Waals surface area contributed by atoms with Gasteiger partial charge in [0.15, 0.2) is 0 Å². The molecule has 1 amide bonds. The van der Waals surface area contributed by atoms with E-state index in [1.54, 1.807) is 23.1 Å². The number of anilines is 1. The average Bonchev–Trinajstić information content (AvgIpc) is 2.59. The number of aryl methyl sites for hydroxylation is 1. The number of carbonyl (C=O) groups excluding carboxylic acids is 1. The molecule has 0 atom stereocenters. The maximum Gasteiger partial charge on any atom is 0.240 e. The number of carbonyl (C=O) groups is 1. The molecule has 0 spiro atoms. The first-order valence-electron chi connectivity index (χ1n) is 8.94. The van der Waals surface area contributed by atoms with Crippen LogP contribution in [0, 0.1) is 0 Å². The lowest BCUT2D eigenvalue weighted by Gasteiger charge is -2.28. The van der Waals surface area contributed by atoms with Crippen LogP contribution >= 0.6 is 0 Å². The van der Waals surface area contributed by atoms with Gasteiger partial charge in [-0.3, -0.25) is 4.79 Å². The molecule has 0 saturated carbocycles. The number of amides is 1. The summed E-state index contributed by atoms with van der Waals surface area (Å²) in [6.07, 6.45) is 4.39.